The monoisotopic (exact) mass is 297 g/mol. The van der Waals surface area contributed by atoms with Gasteiger partial charge in [0.25, 0.3) is 0 Å². The Morgan fingerprint density at radius 1 is 1.09 bits per heavy atom. The number of nitrogen functional groups attached to an aromatic ring is 1. The van der Waals surface area contributed by atoms with Crippen LogP contribution in [0, 0.1) is 0 Å². The number of rotatable bonds is 3. The van der Waals surface area contributed by atoms with E-state index in [0.717, 1.165) is 29.1 Å². The van der Waals surface area contributed by atoms with Crippen LogP contribution < -0.4 is 10.6 Å². The predicted octanol–water partition coefficient (Wildman–Crippen LogP) is 2.28. The second-order valence-corrected chi connectivity index (χ2v) is 6.47. The molecule has 2 fully saturated rings. The van der Waals surface area contributed by atoms with Crippen LogP contribution in [0.5, 0.6) is 0 Å². The van der Waals surface area contributed by atoms with E-state index in [-0.39, 0.29) is 0 Å². The predicted molar refractivity (Wildman–Crippen MR) is 90.0 cm³/mol. The van der Waals surface area contributed by atoms with Crippen molar-refractivity contribution in [3.8, 4) is 0 Å². The molecule has 2 saturated heterocycles. The molecule has 0 radical (unpaired) electrons. The molecule has 0 saturated carbocycles. The number of nitrogens with two attached hydrogens (primary N) is 1. The molecule has 1 aromatic carbocycles. The van der Waals surface area contributed by atoms with E-state index in [1.165, 1.54) is 45.3 Å². The fraction of sp³-hybridized carbons (Fsp3) is 0.529. The fourth-order valence-corrected chi connectivity index (χ4v) is 3.75. The van der Waals surface area contributed by atoms with Crippen LogP contribution in [0.4, 0.5) is 11.5 Å². The van der Waals surface area contributed by atoms with Crippen molar-refractivity contribution in [3.63, 3.8) is 0 Å². The van der Waals surface area contributed by atoms with Crippen LogP contribution in [-0.4, -0.2) is 47.1 Å². The van der Waals surface area contributed by atoms with Crippen molar-refractivity contribution >= 4 is 22.5 Å². The zero-order valence-corrected chi connectivity index (χ0v) is 12.9. The first-order valence-corrected chi connectivity index (χ1v) is 8.31. The first kappa shape index (κ1) is 13.8. The molecule has 0 bridgehead atoms. The van der Waals surface area contributed by atoms with Gasteiger partial charge in [-0.05, 0) is 57.0 Å². The number of fused-ring (bicyclic) bond motifs is 1. The van der Waals surface area contributed by atoms with Crippen molar-refractivity contribution < 1.29 is 0 Å². The van der Waals surface area contributed by atoms with E-state index in [2.05, 4.69) is 14.8 Å². The third-order valence-corrected chi connectivity index (χ3v) is 4.89. The molecule has 0 unspecified atom stereocenters. The lowest BCUT2D eigenvalue weighted by atomic mass is 10.2. The summed E-state index contributed by atoms with van der Waals surface area (Å²) in [5, 5.41) is 0. The van der Waals surface area contributed by atoms with E-state index in [1.54, 1.807) is 0 Å². The van der Waals surface area contributed by atoms with Gasteiger partial charge in [-0.1, -0.05) is 0 Å². The Labute approximate surface area is 131 Å². The zero-order chi connectivity index (χ0) is 14.9. The molecule has 5 heteroatoms. The minimum Gasteiger partial charge on any atom is -0.399 e. The van der Waals surface area contributed by atoms with E-state index >= 15 is 0 Å². The Balaban J connectivity index is 1.57. The lowest BCUT2D eigenvalue weighted by Crippen LogP contribution is -2.39. The molecular formula is C17H23N5. The Morgan fingerprint density at radius 2 is 1.95 bits per heavy atom. The summed E-state index contributed by atoms with van der Waals surface area (Å²) in [6.45, 7) is 4.77. The molecule has 4 rings (SSSR count). The quantitative estimate of drug-likeness (QED) is 0.881. The Hall–Kier alpha value is -1.88. The van der Waals surface area contributed by atoms with Crippen molar-refractivity contribution in [2.45, 2.75) is 31.7 Å². The van der Waals surface area contributed by atoms with E-state index < -0.39 is 0 Å². The standard InChI is InChI=1S/C17H23N5/c18-13-5-6-15-16(10-13)19-11-17(20-15)22-9-3-4-14(22)12-21-7-1-2-8-21/h5-6,10-11,14H,1-4,7-9,12,18H2/t14-/m0/s1. The van der Waals surface area contributed by atoms with Gasteiger partial charge in [0, 0.05) is 24.8 Å². The average Bonchev–Trinajstić information content (AvgIpc) is 3.19. The molecule has 5 nitrogen and oxygen atoms in total. The Morgan fingerprint density at radius 3 is 2.82 bits per heavy atom. The van der Waals surface area contributed by atoms with Crippen LogP contribution in [0.25, 0.3) is 11.0 Å². The molecule has 0 aliphatic carbocycles. The summed E-state index contributed by atoms with van der Waals surface area (Å²) in [4.78, 5) is 14.4. The van der Waals surface area contributed by atoms with Crippen molar-refractivity contribution in [3.05, 3.63) is 24.4 Å². The number of nitrogens with zero attached hydrogens (tertiary/aromatic N) is 4. The van der Waals surface area contributed by atoms with Crippen LogP contribution in [0.1, 0.15) is 25.7 Å². The van der Waals surface area contributed by atoms with E-state index in [4.69, 9.17) is 10.7 Å². The highest BCUT2D eigenvalue weighted by Gasteiger charge is 2.28. The molecule has 22 heavy (non-hydrogen) atoms. The van der Waals surface area contributed by atoms with Gasteiger partial charge in [0.15, 0.2) is 0 Å². The SMILES string of the molecule is Nc1ccc2nc(N3CCC[C@H]3CN3CCCC3)cnc2c1. The second kappa shape index (κ2) is 5.72. The van der Waals surface area contributed by atoms with Crippen molar-refractivity contribution in [2.75, 3.05) is 36.8 Å². The maximum absolute atomic E-state index is 5.81. The van der Waals surface area contributed by atoms with Crippen molar-refractivity contribution in [2.24, 2.45) is 0 Å². The molecule has 0 amide bonds. The maximum Gasteiger partial charge on any atom is 0.148 e. The normalized spacial score (nSPS) is 22.7. The first-order chi connectivity index (χ1) is 10.8. The van der Waals surface area contributed by atoms with Gasteiger partial charge in [-0.15, -0.1) is 0 Å². The average molecular weight is 297 g/mol. The molecule has 2 N–H and O–H groups in total. The minimum atomic E-state index is 0.582. The van der Waals surface area contributed by atoms with Gasteiger partial charge < -0.3 is 15.5 Å². The smallest absolute Gasteiger partial charge is 0.148 e. The Kier molecular flexibility index (Phi) is 3.58. The molecule has 0 spiro atoms. The van der Waals surface area contributed by atoms with Crippen LogP contribution in [-0.2, 0) is 0 Å². The minimum absolute atomic E-state index is 0.582. The maximum atomic E-state index is 5.81. The molecule has 2 aliphatic rings. The molecule has 2 aliphatic heterocycles. The zero-order valence-electron chi connectivity index (χ0n) is 12.9. The second-order valence-electron chi connectivity index (χ2n) is 6.47. The summed E-state index contributed by atoms with van der Waals surface area (Å²) in [7, 11) is 0. The summed E-state index contributed by atoms with van der Waals surface area (Å²) < 4.78 is 0. The summed E-state index contributed by atoms with van der Waals surface area (Å²) in [5.41, 5.74) is 8.36. The van der Waals surface area contributed by atoms with Crippen LogP contribution in [0.15, 0.2) is 24.4 Å². The summed E-state index contributed by atoms with van der Waals surface area (Å²) in [6, 6.07) is 6.33. The number of likely N-dealkylation sites (tertiary alicyclic amines) is 1. The van der Waals surface area contributed by atoms with Gasteiger partial charge >= 0.3 is 0 Å². The summed E-state index contributed by atoms with van der Waals surface area (Å²) in [6.07, 6.45) is 7.12. The molecular weight excluding hydrogens is 274 g/mol. The van der Waals surface area contributed by atoms with Gasteiger partial charge in [0.05, 0.1) is 17.2 Å². The highest BCUT2D eigenvalue weighted by molar-refractivity contribution is 5.79. The topological polar surface area (TPSA) is 58.3 Å². The number of aromatic nitrogens is 2. The van der Waals surface area contributed by atoms with Crippen molar-refractivity contribution in [1.82, 2.24) is 14.9 Å². The highest BCUT2D eigenvalue weighted by atomic mass is 15.3. The highest BCUT2D eigenvalue weighted by Crippen LogP contribution is 2.26. The molecule has 1 atom stereocenters. The lowest BCUT2D eigenvalue weighted by molar-refractivity contribution is 0.313. The van der Waals surface area contributed by atoms with E-state index in [1.807, 2.05) is 24.4 Å². The molecule has 3 heterocycles. The van der Waals surface area contributed by atoms with Gasteiger partial charge in [-0.25, -0.2) is 4.98 Å². The van der Waals surface area contributed by atoms with Crippen LogP contribution in [0.2, 0.25) is 0 Å². The van der Waals surface area contributed by atoms with Gasteiger partial charge in [-0.2, -0.15) is 0 Å². The van der Waals surface area contributed by atoms with Crippen molar-refractivity contribution in [1.29, 1.82) is 0 Å². The number of benzene rings is 1. The molecule has 1 aromatic heterocycles. The Bertz CT molecular complexity index is 665. The molecule has 116 valence electrons. The largest absolute Gasteiger partial charge is 0.399 e. The van der Waals surface area contributed by atoms with E-state index in [0.29, 0.717) is 6.04 Å². The third-order valence-electron chi connectivity index (χ3n) is 4.89. The van der Waals surface area contributed by atoms with Gasteiger partial charge in [0.2, 0.25) is 0 Å². The first-order valence-electron chi connectivity index (χ1n) is 8.31. The lowest BCUT2D eigenvalue weighted by Gasteiger charge is -2.29. The number of anilines is 2. The molecule has 2 aromatic rings. The van der Waals surface area contributed by atoms with Crippen LogP contribution >= 0.6 is 0 Å². The fourth-order valence-electron chi connectivity index (χ4n) is 3.75. The number of hydrogen-bond acceptors (Lipinski definition) is 5. The van der Waals surface area contributed by atoms with E-state index in [9.17, 15) is 0 Å². The summed E-state index contributed by atoms with van der Waals surface area (Å²) in [5.74, 6) is 1.01. The number of hydrogen-bond donors (Lipinski definition) is 1. The van der Waals surface area contributed by atoms with Crippen LogP contribution in [0.3, 0.4) is 0 Å². The van der Waals surface area contributed by atoms with Gasteiger partial charge in [0.1, 0.15) is 5.82 Å². The van der Waals surface area contributed by atoms with Gasteiger partial charge in [-0.3, -0.25) is 4.98 Å². The third kappa shape index (κ3) is 2.61. The summed E-state index contributed by atoms with van der Waals surface area (Å²) >= 11 is 0.